The Hall–Kier alpha value is -0.433. The summed E-state index contributed by atoms with van der Waals surface area (Å²) in [5.74, 6) is -3.03. The summed E-state index contributed by atoms with van der Waals surface area (Å²) in [4.78, 5) is 0. The number of hydrogen-bond donors (Lipinski definition) is 0. The van der Waals surface area contributed by atoms with Crippen LogP contribution in [-0.2, 0) is 6.18 Å². The zero-order valence-electron chi connectivity index (χ0n) is 11.9. The van der Waals surface area contributed by atoms with E-state index < -0.39 is 32.2 Å². The van der Waals surface area contributed by atoms with Crippen molar-refractivity contribution < 1.29 is 22.0 Å². The Bertz CT molecular complexity index is 486. The van der Waals surface area contributed by atoms with Gasteiger partial charge in [-0.05, 0) is 42.9 Å². The molecule has 1 heterocycles. The molecule has 0 saturated carbocycles. The molecule has 0 N–H and O–H groups in total. The molecule has 2 rings (SSSR count). The fraction of sp³-hybridized carbons (Fsp3) is 0.600. The number of hydrogen-bond acceptors (Lipinski definition) is 0. The summed E-state index contributed by atoms with van der Waals surface area (Å²) < 4.78 is 65.0. The van der Waals surface area contributed by atoms with Gasteiger partial charge >= 0.3 is 6.18 Å². The summed E-state index contributed by atoms with van der Waals surface area (Å²) in [6.07, 6.45) is -2.21. The SMILES string of the molecule is Fc1cc(C2CC[Si](CCCBr)CC2)cc(F)c1C(F)(F)F. The molecular formula is C15H17BrF5Si. The molecule has 1 aliphatic rings. The van der Waals surface area contributed by atoms with Gasteiger partial charge in [0.15, 0.2) is 0 Å². The lowest BCUT2D eigenvalue weighted by Gasteiger charge is -2.28. The molecule has 0 spiro atoms. The van der Waals surface area contributed by atoms with Gasteiger partial charge in [0, 0.05) is 14.1 Å². The van der Waals surface area contributed by atoms with Crippen LogP contribution in [0.2, 0.25) is 18.1 Å². The lowest BCUT2D eigenvalue weighted by Crippen LogP contribution is -2.21. The van der Waals surface area contributed by atoms with Crippen molar-refractivity contribution in [3.05, 3.63) is 34.9 Å². The molecule has 1 aromatic carbocycles. The minimum Gasteiger partial charge on any atom is -0.206 e. The van der Waals surface area contributed by atoms with E-state index in [4.69, 9.17) is 0 Å². The largest absolute Gasteiger partial charge is 0.422 e. The third-order valence-corrected chi connectivity index (χ3v) is 7.79. The van der Waals surface area contributed by atoms with Gasteiger partial charge in [-0.25, -0.2) is 8.78 Å². The number of alkyl halides is 4. The maximum absolute atomic E-state index is 13.6. The molecule has 1 radical (unpaired) electrons. The van der Waals surface area contributed by atoms with E-state index in [0.29, 0.717) is 5.56 Å². The molecule has 0 bridgehead atoms. The van der Waals surface area contributed by atoms with Gasteiger partial charge in [0.25, 0.3) is 0 Å². The first-order valence-electron chi connectivity index (χ1n) is 7.28. The normalized spacial score (nSPS) is 17.9. The molecule has 1 aliphatic heterocycles. The Balaban J connectivity index is 2.09. The molecule has 0 aliphatic carbocycles. The topological polar surface area (TPSA) is 0 Å². The number of benzene rings is 1. The van der Waals surface area contributed by atoms with E-state index >= 15 is 0 Å². The lowest BCUT2D eigenvalue weighted by atomic mass is 9.92. The molecule has 0 aromatic heterocycles. The van der Waals surface area contributed by atoms with Gasteiger partial charge in [0.1, 0.15) is 17.2 Å². The molecule has 1 fully saturated rings. The maximum Gasteiger partial charge on any atom is 0.422 e. The highest BCUT2D eigenvalue weighted by Crippen LogP contribution is 2.39. The van der Waals surface area contributed by atoms with E-state index in [9.17, 15) is 22.0 Å². The Morgan fingerprint density at radius 2 is 1.64 bits per heavy atom. The molecule has 1 aromatic rings. The molecule has 1 saturated heterocycles. The quantitative estimate of drug-likeness (QED) is 0.324. The molecular weight excluding hydrogens is 383 g/mol. The number of rotatable bonds is 4. The van der Waals surface area contributed by atoms with Crippen LogP contribution in [0.4, 0.5) is 22.0 Å². The van der Waals surface area contributed by atoms with E-state index in [-0.39, 0.29) is 5.92 Å². The van der Waals surface area contributed by atoms with Crippen molar-refractivity contribution in [3.8, 4) is 0 Å². The zero-order valence-corrected chi connectivity index (χ0v) is 14.5. The van der Waals surface area contributed by atoms with Crippen LogP contribution in [0.5, 0.6) is 0 Å². The lowest BCUT2D eigenvalue weighted by molar-refractivity contribution is -0.142. The Labute approximate surface area is 136 Å². The highest BCUT2D eigenvalue weighted by molar-refractivity contribution is 9.09. The Kier molecular flexibility index (Phi) is 6.05. The van der Waals surface area contributed by atoms with Crippen molar-refractivity contribution in [2.75, 3.05) is 5.33 Å². The fourth-order valence-corrected chi connectivity index (χ4v) is 6.76. The second-order valence-electron chi connectivity index (χ2n) is 5.67. The first kappa shape index (κ1) is 17.9. The van der Waals surface area contributed by atoms with Crippen molar-refractivity contribution in [1.82, 2.24) is 0 Å². The van der Waals surface area contributed by atoms with Crippen LogP contribution in [0.3, 0.4) is 0 Å². The highest BCUT2D eigenvalue weighted by Gasteiger charge is 2.38. The smallest absolute Gasteiger partial charge is 0.206 e. The summed E-state index contributed by atoms with van der Waals surface area (Å²) in [5, 5.41) is 0.986. The van der Waals surface area contributed by atoms with Crippen LogP contribution in [0.15, 0.2) is 12.1 Å². The molecule has 0 atom stereocenters. The molecule has 0 nitrogen and oxygen atoms in total. The van der Waals surface area contributed by atoms with Crippen LogP contribution in [0.25, 0.3) is 0 Å². The fourth-order valence-electron chi connectivity index (χ4n) is 3.03. The average molecular weight is 400 g/mol. The molecule has 22 heavy (non-hydrogen) atoms. The predicted octanol–water partition coefficient (Wildman–Crippen LogP) is 6.14. The van der Waals surface area contributed by atoms with Crippen molar-refractivity contribution in [2.45, 2.75) is 49.5 Å². The zero-order chi connectivity index (χ0) is 16.3. The van der Waals surface area contributed by atoms with E-state index in [1.807, 2.05) is 0 Å². The second-order valence-corrected chi connectivity index (χ2v) is 9.47. The molecule has 123 valence electrons. The highest BCUT2D eigenvalue weighted by atomic mass is 79.9. The third-order valence-electron chi connectivity index (χ3n) is 4.18. The van der Waals surface area contributed by atoms with Gasteiger partial charge in [-0.15, -0.1) is 0 Å². The molecule has 7 heteroatoms. The summed E-state index contributed by atoms with van der Waals surface area (Å²) in [7, 11) is -0.399. The summed E-state index contributed by atoms with van der Waals surface area (Å²) >= 11 is 3.40. The van der Waals surface area contributed by atoms with Crippen LogP contribution in [-0.4, -0.2) is 14.1 Å². The summed E-state index contributed by atoms with van der Waals surface area (Å²) in [6, 6.07) is 5.08. The van der Waals surface area contributed by atoms with Gasteiger partial charge < -0.3 is 0 Å². The van der Waals surface area contributed by atoms with Gasteiger partial charge in [0.2, 0.25) is 0 Å². The van der Waals surface area contributed by atoms with Crippen molar-refractivity contribution in [3.63, 3.8) is 0 Å². The third kappa shape index (κ3) is 4.31. The Morgan fingerprint density at radius 1 is 1.09 bits per heavy atom. The first-order valence-corrected chi connectivity index (χ1v) is 10.5. The standard InChI is InChI=1S/C15H17BrF5Si/c16-4-1-5-22-6-2-10(3-7-22)11-8-12(17)14(13(18)9-11)15(19,20)21/h8-10H,1-7H2. The van der Waals surface area contributed by atoms with E-state index in [0.717, 1.165) is 48.8 Å². The maximum atomic E-state index is 13.6. The monoisotopic (exact) mass is 399 g/mol. The van der Waals surface area contributed by atoms with E-state index in [1.54, 1.807) is 0 Å². The summed E-state index contributed by atoms with van der Waals surface area (Å²) in [6.45, 7) is 0. The Morgan fingerprint density at radius 3 is 2.09 bits per heavy atom. The van der Waals surface area contributed by atoms with Crippen molar-refractivity contribution >= 4 is 24.7 Å². The van der Waals surface area contributed by atoms with Crippen LogP contribution in [0, 0.1) is 11.6 Å². The minimum absolute atomic E-state index is 0.0241. The molecule has 0 unspecified atom stereocenters. The molecule has 0 amide bonds. The first-order chi connectivity index (χ1) is 10.3. The summed E-state index contributed by atoms with van der Waals surface area (Å²) in [5.41, 5.74) is -1.42. The van der Waals surface area contributed by atoms with Crippen LogP contribution < -0.4 is 0 Å². The van der Waals surface area contributed by atoms with Gasteiger partial charge in [0.05, 0.1) is 0 Å². The second kappa shape index (κ2) is 7.42. The average Bonchev–Trinajstić information content (AvgIpc) is 2.43. The van der Waals surface area contributed by atoms with Gasteiger partial charge in [-0.3, -0.25) is 0 Å². The van der Waals surface area contributed by atoms with Gasteiger partial charge in [-0.1, -0.05) is 34.1 Å². The van der Waals surface area contributed by atoms with Crippen LogP contribution >= 0.6 is 15.9 Å². The van der Waals surface area contributed by atoms with Crippen molar-refractivity contribution in [2.24, 2.45) is 0 Å². The van der Waals surface area contributed by atoms with Gasteiger partial charge in [-0.2, -0.15) is 13.2 Å². The van der Waals surface area contributed by atoms with E-state index in [2.05, 4.69) is 15.9 Å². The van der Waals surface area contributed by atoms with Crippen LogP contribution in [0.1, 0.15) is 36.3 Å². The number of halogens is 6. The van der Waals surface area contributed by atoms with Crippen molar-refractivity contribution in [1.29, 1.82) is 0 Å². The predicted molar refractivity (Wildman–Crippen MR) is 81.9 cm³/mol. The minimum atomic E-state index is -4.99. The van der Waals surface area contributed by atoms with E-state index in [1.165, 1.54) is 6.04 Å².